The van der Waals surface area contributed by atoms with Gasteiger partial charge in [0.25, 0.3) is 5.69 Å². The first-order chi connectivity index (χ1) is 13.6. The van der Waals surface area contributed by atoms with Crippen LogP contribution in [0, 0.1) is 10.1 Å². The van der Waals surface area contributed by atoms with E-state index < -0.39 is 4.92 Å². The van der Waals surface area contributed by atoms with Gasteiger partial charge in [0.15, 0.2) is 11.5 Å². The molecule has 5 rings (SSSR count). The normalized spacial score (nSPS) is 14.5. The molecule has 3 aromatic heterocycles. The molecule has 0 spiro atoms. The van der Waals surface area contributed by atoms with Gasteiger partial charge in [0.2, 0.25) is 0 Å². The molecular weight excluding hydrogens is 380 g/mol. The maximum absolute atomic E-state index is 10.7. The lowest BCUT2D eigenvalue weighted by molar-refractivity contribution is -0.384. The second-order valence-corrected chi connectivity index (χ2v) is 7.84. The third kappa shape index (κ3) is 2.86. The molecule has 1 aromatic carbocycles. The van der Waals surface area contributed by atoms with Crippen LogP contribution in [0.25, 0.3) is 15.9 Å². The Bertz CT molecular complexity index is 1200. The van der Waals surface area contributed by atoms with Gasteiger partial charge in [-0.1, -0.05) is 0 Å². The predicted molar refractivity (Wildman–Crippen MR) is 104 cm³/mol. The summed E-state index contributed by atoms with van der Waals surface area (Å²) in [6.07, 6.45) is 2.67. The average Bonchev–Trinajstić information content (AvgIpc) is 3.26. The number of nitrogens with zero attached hydrogens (tertiary/aromatic N) is 6. The molecule has 1 aliphatic rings. The van der Waals surface area contributed by atoms with Crippen LogP contribution in [0.5, 0.6) is 5.75 Å². The van der Waals surface area contributed by atoms with Gasteiger partial charge in [0.1, 0.15) is 23.5 Å². The van der Waals surface area contributed by atoms with Crippen LogP contribution in [-0.4, -0.2) is 43.0 Å². The summed E-state index contributed by atoms with van der Waals surface area (Å²) >= 11 is 1.72. The average molecular weight is 396 g/mol. The molecule has 0 amide bonds. The summed E-state index contributed by atoms with van der Waals surface area (Å²) in [6, 6.07) is 5.96. The monoisotopic (exact) mass is 396 g/mol. The van der Waals surface area contributed by atoms with Crippen molar-refractivity contribution in [2.45, 2.75) is 19.6 Å². The first-order valence-corrected chi connectivity index (χ1v) is 9.60. The summed E-state index contributed by atoms with van der Waals surface area (Å²) in [5, 5.41) is 16.3. The Hall–Kier alpha value is -3.11. The number of ether oxygens (including phenoxy) is 1. The molecule has 0 fully saturated rings. The van der Waals surface area contributed by atoms with Gasteiger partial charge in [-0.25, -0.2) is 14.5 Å². The van der Waals surface area contributed by atoms with Crippen molar-refractivity contribution in [2.24, 2.45) is 0 Å². The van der Waals surface area contributed by atoms with Crippen molar-refractivity contribution in [3.05, 3.63) is 57.0 Å². The molecule has 10 heteroatoms. The number of likely N-dealkylation sites (N-methyl/N-ethyl adjacent to an activating group) is 1. The first kappa shape index (κ1) is 17.0. The second kappa shape index (κ2) is 6.50. The quantitative estimate of drug-likeness (QED) is 0.386. The van der Waals surface area contributed by atoms with Gasteiger partial charge in [-0.15, -0.1) is 16.4 Å². The fourth-order valence-electron chi connectivity index (χ4n) is 3.44. The zero-order valence-corrected chi connectivity index (χ0v) is 15.8. The number of non-ortho nitro benzene ring substituents is 1. The second-order valence-electron chi connectivity index (χ2n) is 6.75. The number of rotatable bonds is 4. The molecule has 0 N–H and O–H groups in total. The fraction of sp³-hybridized carbons (Fsp3) is 0.278. The van der Waals surface area contributed by atoms with Gasteiger partial charge in [0.05, 0.1) is 10.3 Å². The minimum atomic E-state index is -0.439. The molecule has 0 unspecified atom stereocenters. The Balaban J connectivity index is 1.44. The molecule has 0 radical (unpaired) electrons. The predicted octanol–water partition coefficient (Wildman–Crippen LogP) is 2.81. The van der Waals surface area contributed by atoms with E-state index in [1.54, 1.807) is 34.3 Å². The van der Waals surface area contributed by atoms with Gasteiger partial charge < -0.3 is 9.64 Å². The summed E-state index contributed by atoms with van der Waals surface area (Å²) in [7, 11) is 2.13. The Kier molecular flexibility index (Phi) is 3.95. The molecule has 0 saturated heterocycles. The Morgan fingerprint density at radius 3 is 2.93 bits per heavy atom. The van der Waals surface area contributed by atoms with Crippen molar-refractivity contribution in [2.75, 3.05) is 13.6 Å². The first-order valence-electron chi connectivity index (χ1n) is 8.79. The van der Waals surface area contributed by atoms with Gasteiger partial charge in [-0.05, 0) is 31.2 Å². The molecule has 0 atom stereocenters. The third-order valence-corrected chi connectivity index (χ3v) is 5.95. The highest BCUT2D eigenvalue weighted by Crippen LogP contribution is 2.35. The van der Waals surface area contributed by atoms with Crippen molar-refractivity contribution in [3.8, 4) is 5.75 Å². The summed E-state index contributed by atoms with van der Waals surface area (Å²) in [5.41, 5.74) is 2.15. The van der Waals surface area contributed by atoms with Gasteiger partial charge >= 0.3 is 0 Å². The maximum atomic E-state index is 10.7. The number of nitro benzene ring substituents is 1. The highest BCUT2D eigenvalue weighted by Gasteiger charge is 2.22. The lowest BCUT2D eigenvalue weighted by atomic mass is 10.1. The summed E-state index contributed by atoms with van der Waals surface area (Å²) in [6.45, 7) is 2.13. The SMILES string of the molecule is CN1CCc2c(sc3ncn4nc(COc5ccc([N+](=O)[O-])cc5)nc4c23)C1. The summed E-state index contributed by atoms with van der Waals surface area (Å²) < 4.78 is 7.39. The van der Waals surface area contributed by atoms with Crippen LogP contribution in [0.3, 0.4) is 0 Å². The van der Waals surface area contributed by atoms with E-state index in [4.69, 9.17) is 4.74 Å². The van der Waals surface area contributed by atoms with Gasteiger partial charge in [-0.3, -0.25) is 10.1 Å². The number of benzene rings is 1. The van der Waals surface area contributed by atoms with Gasteiger partial charge in [-0.2, -0.15) is 0 Å². The number of thiophene rings is 1. The largest absolute Gasteiger partial charge is 0.486 e. The number of aromatic nitrogens is 4. The van der Waals surface area contributed by atoms with Crippen molar-refractivity contribution in [1.29, 1.82) is 0 Å². The smallest absolute Gasteiger partial charge is 0.269 e. The lowest BCUT2D eigenvalue weighted by Crippen LogP contribution is -2.25. The minimum Gasteiger partial charge on any atom is -0.486 e. The highest BCUT2D eigenvalue weighted by molar-refractivity contribution is 7.19. The standard InChI is InChI=1S/C18H16N6O3S/c1-22-7-6-13-14(8-22)28-18-16(13)17-20-15(21-23(17)10-19-18)9-27-12-4-2-11(3-5-12)24(25)26/h2-5,10H,6-9H2,1H3. The lowest BCUT2D eigenvalue weighted by Gasteiger charge is -2.21. The van der Waals surface area contributed by atoms with Crippen molar-refractivity contribution in [1.82, 2.24) is 24.5 Å². The number of nitro groups is 1. The van der Waals surface area contributed by atoms with Crippen LogP contribution in [-0.2, 0) is 19.6 Å². The Labute approximate surface area is 163 Å². The number of fused-ring (bicyclic) bond motifs is 5. The molecule has 0 aliphatic carbocycles. The van der Waals surface area contributed by atoms with Crippen LogP contribution in [0.1, 0.15) is 16.3 Å². The van der Waals surface area contributed by atoms with Crippen LogP contribution in [0.4, 0.5) is 5.69 Å². The molecular formula is C18H16N6O3S. The highest BCUT2D eigenvalue weighted by atomic mass is 32.1. The van der Waals surface area contributed by atoms with E-state index in [-0.39, 0.29) is 12.3 Å². The molecule has 0 saturated carbocycles. The molecule has 0 bridgehead atoms. The van der Waals surface area contributed by atoms with Crippen LogP contribution < -0.4 is 4.74 Å². The van der Waals surface area contributed by atoms with E-state index in [0.29, 0.717) is 11.6 Å². The zero-order valence-electron chi connectivity index (χ0n) is 15.0. The summed E-state index contributed by atoms with van der Waals surface area (Å²) in [4.78, 5) is 24.2. The molecule has 9 nitrogen and oxygen atoms in total. The third-order valence-electron chi connectivity index (χ3n) is 4.83. The van der Waals surface area contributed by atoms with Crippen LogP contribution in [0.2, 0.25) is 0 Å². The Morgan fingerprint density at radius 1 is 1.32 bits per heavy atom. The van der Waals surface area contributed by atoms with E-state index >= 15 is 0 Å². The maximum Gasteiger partial charge on any atom is 0.269 e. The number of hydrogen-bond donors (Lipinski definition) is 0. The number of hydrogen-bond acceptors (Lipinski definition) is 8. The van der Waals surface area contributed by atoms with Crippen molar-refractivity contribution < 1.29 is 9.66 Å². The molecule has 4 aromatic rings. The Morgan fingerprint density at radius 2 is 2.14 bits per heavy atom. The topological polar surface area (TPSA) is 98.7 Å². The molecule has 28 heavy (non-hydrogen) atoms. The van der Waals surface area contributed by atoms with Crippen LogP contribution in [0.15, 0.2) is 30.6 Å². The van der Waals surface area contributed by atoms with E-state index in [0.717, 1.165) is 35.4 Å². The van der Waals surface area contributed by atoms with Crippen LogP contribution >= 0.6 is 11.3 Å². The van der Waals surface area contributed by atoms with Crippen molar-refractivity contribution in [3.63, 3.8) is 0 Å². The fourth-order valence-corrected chi connectivity index (χ4v) is 4.70. The molecule has 4 heterocycles. The van der Waals surface area contributed by atoms with E-state index in [1.165, 1.54) is 22.6 Å². The molecule has 1 aliphatic heterocycles. The zero-order chi connectivity index (χ0) is 19.3. The van der Waals surface area contributed by atoms with E-state index in [9.17, 15) is 10.1 Å². The molecule has 142 valence electrons. The van der Waals surface area contributed by atoms with Crippen molar-refractivity contribution >= 4 is 32.9 Å². The van der Waals surface area contributed by atoms with E-state index in [2.05, 4.69) is 27.0 Å². The van der Waals surface area contributed by atoms with E-state index in [1.807, 2.05) is 0 Å². The van der Waals surface area contributed by atoms with Gasteiger partial charge in [0, 0.05) is 30.1 Å². The minimum absolute atomic E-state index is 0.0274. The summed E-state index contributed by atoms with van der Waals surface area (Å²) in [5.74, 6) is 1.07.